The maximum Gasteiger partial charge on any atom is 0.355 e. The third-order valence-corrected chi connectivity index (χ3v) is 8.12. The van der Waals surface area contributed by atoms with Gasteiger partial charge in [-0.2, -0.15) is 4.98 Å². The molecule has 1 atom stereocenters. The van der Waals surface area contributed by atoms with Crippen LogP contribution in [0.3, 0.4) is 0 Å². The third-order valence-electron chi connectivity index (χ3n) is 6.81. The number of benzene rings is 1. The molecule has 3 aromatic heterocycles. The number of nitrogens with two attached hydrogens (primary N) is 1. The topological polar surface area (TPSA) is 144 Å². The Hall–Kier alpha value is -4.36. The molecule has 0 saturated carbocycles. The van der Waals surface area contributed by atoms with Gasteiger partial charge in [-0.25, -0.2) is 32.1 Å². The molecule has 0 unspecified atom stereocenters. The molecule has 41 heavy (non-hydrogen) atoms. The van der Waals surface area contributed by atoms with Gasteiger partial charge < -0.3 is 15.5 Å². The number of halogens is 2. The van der Waals surface area contributed by atoms with Crippen molar-refractivity contribution in [2.24, 2.45) is 0 Å². The van der Waals surface area contributed by atoms with Crippen LogP contribution in [0.5, 0.6) is 0 Å². The van der Waals surface area contributed by atoms with Crippen molar-refractivity contribution in [1.82, 2.24) is 24.4 Å². The van der Waals surface area contributed by atoms with Crippen LogP contribution in [0, 0.1) is 5.82 Å². The molecule has 2 N–H and O–H groups in total. The standard InChI is InChI=1S/C27H25ClFN7O4S/c1-4-21(37)34-11-12-35(15(2)14-34)24-16-13-17(28)23(22-18(29)7-5-8-19(22)30)32-25(16)36(27(38)33-24)20-9-6-10-31-26(20)41(3,39)40/h4-10,13,15H,1,11-12,14,30H2,2-3H3/t15-/m0/s1. The molecule has 0 bridgehead atoms. The van der Waals surface area contributed by atoms with E-state index in [2.05, 4.69) is 21.5 Å². The van der Waals surface area contributed by atoms with Gasteiger partial charge in [0.1, 0.15) is 11.6 Å². The zero-order chi connectivity index (χ0) is 29.6. The van der Waals surface area contributed by atoms with E-state index < -0.39 is 21.3 Å². The lowest BCUT2D eigenvalue weighted by Gasteiger charge is -2.40. The third kappa shape index (κ3) is 5.02. The molecule has 1 saturated heterocycles. The molecule has 0 radical (unpaired) electrons. The number of hydrogen-bond donors (Lipinski definition) is 1. The number of rotatable bonds is 5. The van der Waals surface area contributed by atoms with Crippen molar-refractivity contribution in [2.45, 2.75) is 18.0 Å². The van der Waals surface area contributed by atoms with Gasteiger partial charge in [-0.1, -0.05) is 24.2 Å². The van der Waals surface area contributed by atoms with Crippen LogP contribution in [0.15, 0.2) is 65.1 Å². The van der Waals surface area contributed by atoms with Crippen molar-refractivity contribution in [1.29, 1.82) is 0 Å². The first-order valence-electron chi connectivity index (χ1n) is 12.4. The van der Waals surface area contributed by atoms with Gasteiger partial charge in [-0.3, -0.25) is 4.79 Å². The summed E-state index contributed by atoms with van der Waals surface area (Å²) in [6.07, 6.45) is 3.50. The Labute approximate surface area is 239 Å². The van der Waals surface area contributed by atoms with E-state index >= 15 is 0 Å². The summed E-state index contributed by atoms with van der Waals surface area (Å²) in [5.74, 6) is -0.671. The van der Waals surface area contributed by atoms with Crippen LogP contribution >= 0.6 is 11.6 Å². The largest absolute Gasteiger partial charge is 0.398 e. The number of nitrogen functional groups attached to an aromatic ring is 1. The summed E-state index contributed by atoms with van der Waals surface area (Å²) in [7, 11) is -3.90. The zero-order valence-corrected chi connectivity index (χ0v) is 23.7. The van der Waals surface area contributed by atoms with Crippen molar-refractivity contribution in [3.63, 3.8) is 0 Å². The normalized spacial score (nSPS) is 15.8. The van der Waals surface area contributed by atoms with Crippen LogP contribution in [0.1, 0.15) is 6.92 Å². The molecule has 5 rings (SSSR count). The van der Waals surface area contributed by atoms with Crippen LogP contribution < -0.4 is 16.3 Å². The molecule has 1 amide bonds. The molecular weight excluding hydrogens is 573 g/mol. The lowest BCUT2D eigenvalue weighted by molar-refractivity contribution is -0.126. The molecule has 0 spiro atoms. The Kier molecular flexibility index (Phi) is 7.26. The quantitative estimate of drug-likeness (QED) is 0.271. The summed E-state index contributed by atoms with van der Waals surface area (Å²) in [5.41, 5.74) is 5.08. The molecule has 11 nitrogen and oxygen atoms in total. The number of sulfone groups is 1. The van der Waals surface area contributed by atoms with E-state index in [1.807, 2.05) is 11.8 Å². The molecule has 1 aromatic carbocycles. The van der Waals surface area contributed by atoms with Crippen molar-refractivity contribution in [3.8, 4) is 16.9 Å². The highest BCUT2D eigenvalue weighted by molar-refractivity contribution is 7.90. The number of carbonyl (C=O) groups is 1. The number of aromatic nitrogens is 4. The van der Waals surface area contributed by atoms with Crippen molar-refractivity contribution < 1.29 is 17.6 Å². The molecule has 1 aliphatic heterocycles. The number of carbonyl (C=O) groups excluding carboxylic acids is 1. The fraction of sp³-hybridized carbons (Fsp3) is 0.222. The van der Waals surface area contributed by atoms with E-state index in [1.165, 1.54) is 48.7 Å². The van der Waals surface area contributed by atoms with Crippen LogP contribution in [0.4, 0.5) is 15.9 Å². The zero-order valence-electron chi connectivity index (χ0n) is 22.1. The van der Waals surface area contributed by atoms with E-state index in [1.54, 1.807) is 4.90 Å². The Morgan fingerprint density at radius 1 is 1.22 bits per heavy atom. The number of fused-ring (bicyclic) bond motifs is 1. The van der Waals surface area contributed by atoms with Gasteiger partial charge in [0, 0.05) is 43.8 Å². The van der Waals surface area contributed by atoms with E-state index in [4.69, 9.17) is 17.3 Å². The number of anilines is 2. The van der Waals surface area contributed by atoms with Gasteiger partial charge in [0.2, 0.25) is 5.91 Å². The predicted molar refractivity (Wildman–Crippen MR) is 154 cm³/mol. The first-order valence-corrected chi connectivity index (χ1v) is 14.7. The van der Waals surface area contributed by atoms with E-state index in [0.29, 0.717) is 25.0 Å². The van der Waals surface area contributed by atoms with Gasteiger partial charge >= 0.3 is 5.69 Å². The second-order valence-corrected chi connectivity index (χ2v) is 11.9. The summed E-state index contributed by atoms with van der Waals surface area (Å²) < 4.78 is 41.3. The summed E-state index contributed by atoms with van der Waals surface area (Å²) in [6, 6.07) is 8.22. The summed E-state index contributed by atoms with van der Waals surface area (Å²) in [5, 5.41) is -0.0383. The fourth-order valence-electron chi connectivity index (χ4n) is 4.95. The molecule has 1 aliphatic rings. The monoisotopic (exact) mass is 597 g/mol. The summed E-state index contributed by atoms with van der Waals surface area (Å²) >= 11 is 6.66. The second kappa shape index (κ2) is 10.6. The highest BCUT2D eigenvalue weighted by Gasteiger charge is 2.31. The second-order valence-electron chi connectivity index (χ2n) is 9.58. The molecular formula is C27H25ClFN7O4S. The number of nitrogens with zero attached hydrogens (tertiary/aromatic N) is 6. The molecule has 212 valence electrons. The van der Waals surface area contributed by atoms with Crippen LogP contribution in [0.25, 0.3) is 28.0 Å². The van der Waals surface area contributed by atoms with E-state index in [9.17, 15) is 22.4 Å². The average Bonchev–Trinajstić information content (AvgIpc) is 2.92. The number of pyridine rings is 2. The highest BCUT2D eigenvalue weighted by atomic mass is 35.5. The molecule has 4 aromatic rings. The highest BCUT2D eigenvalue weighted by Crippen LogP contribution is 2.37. The first-order chi connectivity index (χ1) is 19.4. The fourth-order valence-corrected chi connectivity index (χ4v) is 5.98. The van der Waals surface area contributed by atoms with E-state index in [0.717, 1.165) is 10.8 Å². The Morgan fingerprint density at radius 2 is 1.98 bits per heavy atom. The minimum atomic E-state index is -3.90. The van der Waals surface area contributed by atoms with Crippen LogP contribution in [-0.4, -0.2) is 70.7 Å². The Morgan fingerprint density at radius 3 is 2.63 bits per heavy atom. The molecule has 0 aliphatic carbocycles. The SMILES string of the molecule is C=CC(=O)N1CCN(c2nc(=O)n(-c3cccnc3S(C)(=O)=O)c3nc(-c4c(N)cccc4F)c(Cl)cc23)[C@@H](C)C1. The lowest BCUT2D eigenvalue weighted by Crippen LogP contribution is -2.54. The minimum Gasteiger partial charge on any atom is -0.398 e. The van der Waals surface area contributed by atoms with Gasteiger partial charge in [-0.05, 0) is 43.3 Å². The van der Waals surface area contributed by atoms with Crippen molar-refractivity contribution in [2.75, 3.05) is 36.5 Å². The van der Waals surface area contributed by atoms with Crippen molar-refractivity contribution in [3.05, 3.63) is 76.6 Å². The summed E-state index contributed by atoms with van der Waals surface area (Å²) in [4.78, 5) is 42.3. The molecule has 1 fully saturated rings. The van der Waals surface area contributed by atoms with Gasteiger partial charge in [0.25, 0.3) is 0 Å². The van der Waals surface area contributed by atoms with E-state index in [-0.39, 0.29) is 56.1 Å². The minimum absolute atomic E-state index is 0.0308. The maximum absolute atomic E-state index is 15.0. The van der Waals surface area contributed by atoms with Gasteiger partial charge in [-0.15, -0.1) is 0 Å². The maximum atomic E-state index is 15.0. The predicted octanol–water partition coefficient (Wildman–Crippen LogP) is 2.84. The molecule has 4 heterocycles. The van der Waals surface area contributed by atoms with Crippen LogP contribution in [0.2, 0.25) is 5.02 Å². The van der Waals surface area contributed by atoms with Gasteiger partial charge in [0.15, 0.2) is 20.5 Å². The van der Waals surface area contributed by atoms with Crippen molar-refractivity contribution >= 4 is 49.9 Å². The summed E-state index contributed by atoms with van der Waals surface area (Å²) in [6.45, 7) is 6.41. The number of hydrogen-bond acceptors (Lipinski definition) is 9. The Bertz CT molecular complexity index is 1880. The van der Waals surface area contributed by atoms with Gasteiger partial charge in [0.05, 0.1) is 27.4 Å². The number of piperazine rings is 1. The number of amides is 1. The first kappa shape index (κ1) is 28.2. The molecule has 14 heteroatoms. The Balaban J connectivity index is 1.83. The smallest absolute Gasteiger partial charge is 0.355 e. The average molecular weight is 598 g/mol. The lowest BCUT2D eigenvalue weighted by atomic mass is 10.1. The van der Waals surface area contributed by atoms with Crippen LogP contribution in [-0.2, 0) is 14.6 Å².